The zero-order valence-corrected chi connectivity index (χ0v) is 15.9. The summed E-state index contributed by atoms with van der Waals surface area (Å²) in [5, 5.41) is 12.8. The summed E-state index contributed by atoms with van der Waals surface area (Å²) in [6, 6.07) is 1.11. The Kier molecular flexibility index (Phi) is 4.71. The summed E-state index contributed by atoms with van der Waals surface area (Å²) in [5.74, 6) is 1.58. The highest BCUT2D eigenvalue weighted by Gasteiger charge is 2.48. The average molecular weight is 348 g/mol. The predicted molar refractivity (Wildman–Crippen MR) is 96.6 cm³/mol. The van der Waals surface area contributed by atoms with Crippen LogP contribution in [0.3, 0.4) is 0 Å². The number of likely N-dealkylation sites (tertiary alicyclic amines) is 1. The minimum absolute atomic E-state index is 0.0786. The van der Waals surface area contributed by atoms with Crippen molar-refractivity contribution < 1.29 is 4.74 Å². The molecule has 0 amide bonds. The van der Waals surface area contributed by atoms with Crippen molar-refractivity contribution in [1.82, 2.24) is 25.1 Å². The molecule has 1 aromatic rings. The number of aromatic nitrogens is 4. The molecule has 25 heavy (non-hydrogen) atoms. The number of hydrogen-bond donors (Lipinski definition) is 0. The highest BCUT2D eigenvalue weighted by Crippen LogP contribution is 2.43. The maximum absolute atomic E-state index is 5.44. The third-order valence-corrected chi connectivity index (χ3v) is 6.54. The van der Waals surface area contributed by atoms with E-state index < -0.39 is 0 Å². The molecule has 4 heterocycles. The number of nitrogens with zero attached hydrogens (tertiary/aromatic N) is 6. The molecule has 3 aliphatic heterocycles. The van der Waals surface area contributed by atoms with Crippen molar-refractivity contribution in [3.8, 4) is 0 Å². The number of tetrazole rings is 1. The van der Waals surface area contributed by atoms with E-state index in [0.717, 1.165) is 19.1 Å². The zero-order valence-electron chi connectivity index (χ0n) is 15.9. The summed E-state index contributed by atoms with van der Waals surface area (Å²) < 4.78 is 7.49. The summed E-state index contributed by atoms with van der Waals surface area (Å²) in [5.41, 5.74) is 0.0786. The SMILES string of the molecule is COC[C@@H]1C[C@H]2CC[C@@H]1N2c1nnnn1CC(C)(C)N1CCCCC1. The molecule has 1 aromatic heterocycles. The number of ether oxygens (including phenoxy) is 1. The van der Waals surface area contributed by atoms with Crippen LogP contribution < -0.4 is 4.90 Å². The summed E-state index contributed by atoms with van der Waals surface area (Å²) in [6.07, 6.45) is 7.68. The van der Waals surface area contributed by atoms with E-state index in [1.54, 1.807) is 0 Å². The molecular formula is C18H32N6O. The molecule has 3 fully saturated rings. The normalized spacial score (nSPS) is 30.4. The van der Waals surface area contributed by atoms with Gasteiger partial charge in [-0.2, -0.15) is 0 Å². The van der Waals surface area contributed by atoms with E-state index in [9.17, 15) is 0 Å². The highest BCUT2D eigenvalue weighted by molar-refractivity contribution is 5.38. The van der Waals surface area contributed by atoms with Crippen molar-refractivity contribution in [2.45, 2.75) is 76.5 Å². The van der Waals surface area contributed by atoms with Crippen LogP contribution in [-0.4, -0.2) is 69.5 Å². The Morgan fingerprint density at radius 2 is 1.96 bits per heavy atom. The van der Waals surface area contributed by atoms with Gasteiger partial charge in [-0.15, -0.1) is 0 Å². The maximum Gasteiger partial charge on any atom is 0.246 e. The Morgan fingerprint density at radius 1 is 1.16 bits per heavy atom. The topological polar surface area (TPSA) is 59.3 Å². The summed E-state index contributed by atoms with van der Waals surface area (Å²) >= 11 is 0. The molecule has 4 rings (SSSR count). The van der Waals surface area contributed by atoms with Crippen LogP contribution in [-0.2, 0) is 11.3 Å². The number of piperidine rings is 1. The lowest BCUT2D eigenvalue weighted by molar-refractivity contribution is 0.0771. The first-order chi connectivity index (χ1) is 12.1. The van der Waals surface area contributed by atoms with Gasteiger partial charge in [-0.25, -0.2) is 4.68 Å². The monoisotopic (exact) mass is 348 g/mol. The molecule has 0 radical (unpaired) electrons. The van der Waals surface area contributed by atoms with E-state index in [1.165, 1.54) is 51.6 Å². The predicted octanol–water partition coefficient (Wildman–Crippen LogP) is 1.94. The molecule has 140 valence electrons. The lowest BCUT2D eigenvalue weighted by Gasteiger charge is -2.41. The van der Waals surface area contributed by atoms with Crippen molar-refractivity contribution in [3.05, 3.63) is 0 Å². The lowest BCUT2D eigenvalue weighted by Crippen LogP contribution is -2.50. The molecule has 0 N–H and O–H groups in total. The van der Waals surface area contributed by atoms with Gasteiger partial charge in [-0.1, -0.05) is 11.5 Å². The third-order valence-electron chi connectivity index (χ3n) is 6.54. The average Bonchev–Trinajstić information content (AvgIpc) is 3.29. The Morgan fingerprint density at radius 3 is 2.72 bits per heavy atom. The number of anilines is 1. The smallest absolute Gasteiger partial charge is 0.246 e. The molecule has 0 aliphatic carbocycles. The van der Waals surface area contributed by atoms with Gasteiger partial charge in [0.05, 0.1) is 13.2 Å². The van der Waals surface area contributed by atoms with Gasteiger partial charge in [0.15, 0.2) is 0 Å². The summed E-state index contributed by atoms with van der Waals surface area (Å²) in [7, 11) is 1.81. The van der Waals surface area contributed by atoms with Gasteiger partial charge >= 0.3 is 0 Å². The van der Waals surface area contributed by atoms with E-state index in [4.69, 9.17) is 4.74 Å². The van der Waals surface area contributed by atoms with Crippen molar-refractivity contribution in [2.75, 3.05) is 31.7 Å². The van der Waals surface area contributed by atoms with Crippen LogP contribution in [0.5, 0.6) is 0 Å². The standard InChI is InChI=1S/C18H32N6O/c1-18(2,22-9-5-4-6-10-22)13-23-17(19-20-21-23)24-15-7-8-16(24)14(11-15)12-25-3/h14-16H,4-13H2,1-3H3/t14-,15+,16-/m0/s1. The number of methoxy groups -OCH3 is 1. The van der Waals surface area contributed by atoms with Gasteiger partial charge < -0.3 is 9.64 Å². The first kappa shape index (κ1) is 17.2. The molecule has 3 aliphatic rings. The molecule has 0 aromatic carbocycles. The van der Waals surface area contributed by atoms with Gasteiger partial charge in [0.25, 0.3) is 0 Å². The Bertz CT molecular complexity index is 582. The fourth-order valence-electron chi connectivity index (χ4n) is 5.27. The van der Waals surface area contributed by atoms with Crippen molar-refractivity contribution in [3.63, 3.8) is 0 Å². The van der Waals surface area contributed by atoms with Crippen LogP contribution in [0.25, 0.3) is 0 Å². The molecule has 7 nitrogen and oxygen atoms in total. The van der Waals surface area contributed by atoms with E-state index in [-0.39, 0.29) is 5.54 Å². The van der Waals surface area contributed by atoms with E-state index in [2.05, 4.69) is 43.9 Å². The fourth-order valence-corrected chi connectivity index (χ4v) is 5.27. The Labute approximate surface area is 150 Å². The highest BCUT2D eigenvalue weighted by atomic mass is 16.5. The Hall–Kier alpha value is -1.21. The van der Waals surface area contributed by atoms with E-state index in [0.29, 0.717) is 18.0 Å². The van der Waals surface area contributed by atoms with Crippen LogP contribution in [0.15, 0.2) is 0 Å². The summed E-state index contributed by atoms with van der Waals surface area (Å²) in [6.45, 7) is 8.73. The second-order valence-corrected chi connectivity index (χ2v) is 8.65. The minimum Gasteiger partial charge on any atom is -0.384 e. The van der Waals surface area contributed by atoms with Gasteiger partial charge in [-0.3, -0.25) is 4.90 Å². The lowest BCUT2D eigenvalue weighted by atomic mass is 9.90. The Balaban J connectivity index is 1.51. The first-order valence-corrected chi connectivity index (χ1v) is 9.88. The minimum atomic E-state index is 0.0786. The third kappa shape index (κ3) is 3.16. The van der Waals surface area contributed by atoms with Crippen molar-refractivity contribution in [2.24, 2.45) is 5.92 Å². The first-order valence-electron chi connectivity index (χ1n) is 9.88. The van der Waals surface area contributed by atoms with Crippen LogP contribution in [0.2, 0.25) is 0 Å². The fraction of sp³-hybridized carbons (Fsp3) is 0.944. The van der Waals surface area contributed by atoms with Gasteiger partial charge in [-0.05, 0) is 69.5 Å². The van der Waals surface area contributed by atoms with Gasteiger partial charge in [0.2, 0.25) is 5.95 Å². The quantitative estimate of drug-likeness (QED) is 0.783. The molecule has 7 heteroatoms. The van der Waals surface area contributed by atoms with Crippen LogP contribution in [0, 0.1) is 5.92 Å². The molecule has 0 saturated carbocycles. The van der Waals surface area contributed by atoms with Crippen LogP contribution >= 0.6 is 0 Å². The zero-order chi connectivity index (χ0) is 17.4. The van der Waals surface area contributed by atoms with Gasteiger partial charge in [0, 0.05) is 30.7 Å². The molecule has 3 saturated heterocycles. The van der Waals surface area contributed by atoms with Crippen molar-refractivity contribution >= 4 is 5.95 Å². The summed E-state index contributed by atoms with van der Waals surface area (Å²) in [4.78, 5) is 5.10. The van der Waals surface area contributed by atoms with E-state index in [1.807, 2.05) is 7.11 Å². The van der Waals surface area contributed by atoms with Crippen molar-refractivity contribution in [1.29, 1.82) is 0 Å². The van der Waals surface area contributed by atoms with Gasteiger partial charge in [0.1, 0.15) is 0 Å². The molecular weight excluding hydrogens is 316 g/mol. The second kappa shape index (κ2) is 6.83. The van der Waals surface area contributed by atoms with E-state index >= 15 is 0 Å². The largest absolute Gasteiger partial charge is 0.384 e. The number of hydrogen-bond acceptors (Lipinski definition) is 6. The number of rotatable bonds is 6. The van der Waals surface area contributed by atoms with Crippen LogP contribution in [0.4, 0.5) is 5.95 Å². The molecule has 0 unspecified atom stereocenters. The maximum atomic E-state index is 5.44. The number of fused-ring (bicyclic) bond motifs is 2. The molecule has 3 atom stereocenters. The molecule has 2 bridgehead atoms. The second-order valence-electron chi connectivity index (χ2n) is 8.65. The van der Waals surface area contributed by atoms with Crippen LogP contribution in [0.1, 0.15) is 52.4 Å². The molecule has 0 spiro atoms.